The molecule has 1 saturated carbocycles. The van der Waals surface area contributed by atoms with Gasteiger partial charge in [-0.15, -0.1) is 0 Å². The van der Waals surface area contributed by atoms with Crippen LogP contribution in [-0.2, 0) is 0 Å². The maximum absolute atomic E-state index is 11.8. The van der Waals surface area contributed by atoms with Crippen LogP contribution in [0.3, 0.4) is 0 Å². The molecule has 0 aliphatic heterocycles. The van der Waals surface area contributed by atoms with E-state index in [0.29, 0.717) is 0 Å². The molecule has 0 aromatic carbocycles. The predicted molar refractivity (Wildman–Crippen MR) is 57.7 cm³/mol. The van der Waals surface area contributed by atoms with Crippen molar-refractivity contribution in [3.05, 3.63) is 5.69 Å². The molecular formula is C10H16N4O2. The number of nitrogens with zero attached hydrogens (tertiary/aromatic N) is 2. The second-order valence-electron chi connectivity index (χ2n) is 4.16. The summed E-state index contributed by atoms with van der Waals surface area (Å²) in [5.41, 5.74) is 5.54. The highest BCUT2D eigenvalue weighted by Gasteiger charge is 2.20. The Morgan fingerprint density at radius 3 is 2.50 bits per heavy atom. The van der Waals surface area contributed by atoms with Crippen LogP contribution in [0.25, 0.3) is 0 Å². The summed E-state index contributed by atoms with van der Waals surface area (Å²) in [6.45, 7) is 0. The first-order valence-electron chi connectivity index (χ1n) is 5.66. The molecule has 1 aromatic heterocycles. The molecule has 1 fully saturated rings. The molecule has 0 atom stereocenters. The summed E-state index contributed by atoms with van der Waals surface area (Å²) in [6.07, 6.45) is 6.88. The molecule has 6 nitrogen and oxygen atoms in total. The number of nitrogens with one attached hydrogen (secondary N) is 1. The Morgan fingerprint density at radius 2 is 1.94 bits per heavy atom. The Balaban J connectivity index is 1.93. The Bertz CT molecular complexity index is 355. The van der Waals surface area contributed by atoms with Crippen molar-refractivity contribution >= 4 is 11.7 Å². The first kappa shape index (κ1) is 10.9. The van der Waals surface area contributed by atoms with Gasteiger partial charge in [0.15, 0.2) is 0 Å². The molecule has 0 spiro atoms. The number of nitrogen functional groups attached to an aromatic ring is 1. The van der Waals surface area contributed by atoms with E-state index >= 15 is 0 Å². The zero-order valence-electron chi connectivity index (χ0n) is 9.11. The number of nitrogens with two attached hydrogens (primary N) is 1. The molecule has 0 unspecified atom stereocenters. The third-order valence-electron chi connectivity index (χ3n) is 2.92. The van der Waals surface area contributed by atoms with Crippen molar-refractivity contribution in [2.24, 2.45) is 0 Å². The van der Waals surface area contributed by atoms with Gasteiger partial charge in [-0.2, -0.15) is 0 Å². The van der Waals surface area contributed by atoms with E-state index in [4.69, 9.17) is 5.73 Å². The van der Waals surface area contributed by atoms with E-state index in [9.17, 15) is 4.79 Å². The van der Waals surface area contributed by atoms with Crippen molar-refractivity contribution in [3.63, 3.8) is 0 Å². The number of hydrogen-bond donors (Lipinski definition) is 2. The highest BCUT2D eigenvalue weighted by molar-refractivity contribution is 5.96. The third kappa shape index (κ3) is 2.50. The fourth-order valence-corrected chi connectivity index (χ4v) is 2.03. The zero-order valence-corrected chi connectivity index (χ0v) is 9.11. The van der Waals surface area contributed by atoms with Gasteiger partial charge in [0.2, 0.25) is 11.5 Å². The summed E-state index contributed by atoms with van der Waals surface area (Å²) in [5, 5.41) is 9.78. The highest BCUT2D eigenvalue weighted by Crippen LogP contribution is 2.17. The number of amides is 1. The van der Waals surface area contributed by atoms with Crippen molar-refractivity contribution in [1.82, 2.24) is 15.6 Å². The maximum Gasteiger partial charge on any atom is 0.277 e. The van der Waals surface area contributed by atoms with E-state index < -0.39 is 0 Å². The maximum atomic E-state index is 11.8. The Kier molecular flexibility index (Phi) is 3.38. The Labute approximate surface area is 93.5 Å². The quantitative estimate of drug-likeness (QED) is 0.734. The number of aromatic nitrogens is 2. The van der Waals surface area contributed by atoms with E-state index in [1.165, 1.54) is 12.8 Å². The number of carbonyl (C=O) groups excluding carboxylic acids is 1. The Hall–Kier alpha value is -1.59. The molecule has 1 heterocycles. The molecule has 0 saturated heterocycles. The zero-order chi connectivity index (χ0) is 11.4. The van der Waals surface area contributed by atoms with Crippen molar-refractivity contribution in [3.8, 4) is 0 Å². The molecule has 1 aromatic rings. The van der Waals surface area contributed by atoms with Crippen molar-refractivity contribution in [2.75, 3.05) is 5.73 Å². The van der Waals surface area contributed by atoms with E-state index in [1.54, 1.807) is 0 Å². The van der Waals surface area contributed by atoms with Crippen molar-refractivity contribution in [1.29, 1.82) is 0 Å². The van der Waals surface area contributed by atoms with Gasteiger partial charge in [-0.25, -0.2) is 4.63 Å². The molecule has 16 heavy (non-hydrogen) atoms. The van der Waals surface area contributed by atoms with Crippen LogP contribution < -0.4 is 11.1 Å². The minimum atomic E-state index is -0.286. The first-order valence-corrected chi connectivity index (χ1v) is 5.66. The van der Waals surface area contributed by atoms with Gasteiger partial charge >= 0.3 is 0 Å². The predicted octanol–water partition coefficient (Wildman–Crippen LogP) is 1.10. The van der Waals surface area contributed by atoms with Crippen LogP contribution in [0, 0.1) is 0 Å². The van der Waals surface area contributed by atoms with Crippen LogP contribution in [-0.4, -0.2) is 22.3 Å². The molecule has 3 N–H and O–H groups in total. The van der Waals surface area contributed by atoms with Crippen LogP contribution in [0.5, 0.6) is 0 Å². The summed E-state index contributed by atoms with van der Waals surface area (Å²) < 4.78 is 4.39. The molecule has 1 amide bonds. The normalized spacial score (nSPS) is 18.0. The molecule has 1 aliphatic rings. The summed E-state index contributed by atoms with van der Waals surface area (Å²) in [5.74, 6) is -0.239. The first-order chi connectivity index (χ1) is 7.77. The van der Waals surface area contributed by atoms with Crippen molar-refractivity contribution in [2.45, 2.75) is 44.6 Å². The van der Waals surface area contributed by atoms with Gasteiger partial charge in [0.25, 0.3) is 5.91 Å². The van der Waals surface area contributed by atoms with Gasteiger partial charge in [0.1, 0.15) is 0 Å². The van der Waals surface area contributed by atoms with Crippen LogP contribution in [0.2, 0.25) is 0 Å². The topological polar surface area (TPSA) is 94.0 Å². The van der Waals surface area contributed by atoms with E-state index in [1.807, 2.05) is 0 Å². The largest absolute Gasteiger partial charge is 0.379 e. The lowest BCUT2D eigenvalue weighted by Crippen LogP contribution is -2.34. The minimum Gasteiger partial charge on any atom is -0.379 e. The van der Waals surface area contributed by atoms with Crippen molar-refractivity contribution < 1.29 is 9.42 Å². The van der Waals surface area contributed by atoms with Gasteiger partial charge in [-0.3, -0.25) is 4.79 Å². The highest BCUT2D eigenvalue weighted by atomic mass is 16.6. The lowest BCUT2D eigenvalue weighted by molar-refractivity contribution is 0.0924. The van der Waals surface area contributed by atoms with Crippen LogP contribution >= 0.6 is 0 Å². The minimum absolute atomic E-state index is 0.0473. The average molecular weight is 224 g/mol. The van der Waals surface area contributed by atoms with Gasteiger partial charge in [-0.05, 0) is 23.2 Å². The van der Waals surface area contributed by atoms with Crippen LogP contribution in [0.4, 0.5) is 5.82 Å². The molecule has 88 valence electrons. The fourth-order valence-electron chi connectivity index (χ4n) is 2.03. The van der Waals surface area contributed by atoms with Gasteiger partial charge in [0, 0.05) is 6.04 Å². The smallest absolute Gasteiger partial charge is 0.277 e. The molecule has 0 bridgehead atoms. The Morgan fingerprint density at radius 1 is 1.25 bits per heavy atom. The molecule has 6 heteroatoms. The van der Waals surface area contributed by atoms with Gasteiger partial charge in [-0.1, -0.05) is 25.7 Å². The third-order valence-corrected chi connectivity index (χ3v) is 2.92. The van der Waals surface area contributed by atoms with E-state index in [2.05, 4.69) is 20.3 Å². The lowest BCUT2D eigenvalue weighted by Gasteiger charge is -2.14. The fraction of sp³-hybridized carbons (Fsp3) is 0.700. The summed E-state index contributed by atoms with van der Waals surface area (Å²) in [7, 11) is 0. The number of rotatable bonds is 2. The van der Waals surface area contributed by atoms with Gasteiger partial charge < -0.3 is 11.1 Å². The number of hydrogen-bond acceptors (Lipinski definition) is 5. The van der Waals surface area contributed by atoms with E-state index in [0.717, 1.165) is 25.7 Å². The number of anilines is 1. The molecule has 2 rings (SSSR count). The molecular weight excluding hydrogens is 208 g/mol. The molecule has 1 aliphatic carbocycles. The van der Waals surface area contributed by atoms with Crippen LogP contribution in [0.15, 0.2) is 4.63 Å². The summed E-state index contributed by atoms with van der Waals surface area (Å²) in [4.78, 5) is 11.8. The van der Waals surface area contributed by atoms with Gasteiger partial charge in [0.05, 0.1) is 0 Å². The number of carbonyl (C=O) groups is 1. The standard InChI is InChI=1S/C10H16N4O2/c11-9-8(13-16-14-9)10(15)12-7-5-3-1-2-4-6-7/h7H,1-6H2,(H2,11,14)(H,12,15). The summed E-state index contributed by atoms with van der Waals surface area (Å²) >= 11 is 0. The summed E-state index contributed by atoms with van der Waals surface area (Å²) in [6, 6.07) is 0.228. The second kappa shape index (κ2) is 4.96. The monoisotopic (exact) mass is 224 g/mol. The van der Waals surface area contributed by atoms with E-state index in [-0.39, 0.29) is 23.5 Å². The molecule has 0 radical (unpaired) electrons. The SMILES string of the molecule is Nc1nonc1C(=O)NC1CCCCCC1. The average Bonchev–Trinajstić information content (AvgIpc) is 2.53. The van der Waals surface area contributed by atoms with Crippen LogP contribution in [0.1, 0.15) is 49.0 Å². The second-order valence-corrected chi connectivity index (χ2v) is 4.16. The lowest BCUT2D eigenvalue weighted by atomic mass is 10.1.